The van der Waals surface area contributed by atoms with Crippen LogP contribution in [0.4, 0.5) is 0 Å². The molecule has 1 heterocycles. The summed E-state index contributed by atoms with van der Waals surface area (Å²) >= 11 is 0. The lowest BCUT2D eigenvalue weighted by Crippen LogP contribution is -2.29. The van der Waals surface area contributed by atoms with E-state index in [9.17, 15) is 0 Å². The molecule has 2 unspecified atom stereocenters. The molecule has 3 heteroatoms. The van der Waals surface area contributed by atoms with E-state index in [2.05, 4.69) is 24.3 Å². The molecule has 1 aliphatic rings. The Morgan fingerprint density at radius 3 is 2.60 bits per heavy atom. The maximum atomic E-state index is 8.78. The first kappa shape index (κ1) is 7.98. The van der Waals surface area contributed by atoms with Gasteiger partial charge in [0.2, 0.25) is 0 Å². The first-order valence-corrected chi connectivity index (χ1v) is 3.74. The van der Waals surface area contributed by atoms with Gasteiger partial charge in [0, 0.05) is 18.6 Å². The highest BCUT2D eigenvalue weighted by Crippen LogP contribution is 2.09. The zero-order chi connectivity index (χ0) is 7.56. The van der Waals surface area contributed by atoms with Gasteiger partial charge in [-0.1, -0.05) is 0 Å². The lowest BCUT2D eigenvalue weighted by molar-refractivity contribution is 0.245. The SMILES string of the molecule is CN(C)C1CNC(CO)C1. The first-order valence-electron chi connectivity index (χ1n) is 3.74. The highest BCUT2D eigenvalue weighted by molar-refractivity contribution is 4.85. The van der Waals surface area contributed by atoms with Crippen LogP contribution in [0.5, 0.6) is 0 Å². The van der Waals surface area contributed by atoms with Gasteiger partial charge in [-0.15, -0.1) is 0 Å². The molecule has 1 rings (SSSR count). The van der Waals surface area contributed by atoms with Gasteiger partial charge in [0.1, 0.15) is 0 Å². The van der Waals surface area contributed by atoms with Gasteiger partial charge < -0.3 is 15.3 Å². The van der Waals surface area contributed by atoms with Gasteiger partial charge in [-0.05, 0) is 20.5 Å². The molecule has 3 nitrogen and oxygen atoms in total. The van der Waals surface area contributed by atoms with Crippen molar-refractivity contribution < 1.29 is 5.11 Å². The third-order valence-corrected chi connectivity index (χ3v) is 2.15. The summed E-state index contributed by atoms with van der Waals surface area (Å²) in [6.07, 6.45) is 1.07. The van der Waals surface area contributed by atoms with Crippen LogP contribution in [0.15, 0.2) is 0 Å². The molecule has 1 fully saturated rings. The van der Waals surface area contributed by atoms with E-state index in [1.165, 1.54) is 0 Å². The Morgan fingerprint density at radius 1 is 1.60 bits per heavy atom. The minimum atomic E-state index is 0.268. The Bertz CT molecular complexity index is 106. The molecule has 0 bridgehead atoms. The zero-order valence-electron chi connectivity index (χ0n) is 6.67. The number of aliphatic hydroxyl groups is 1. The molecule has 0 aromatic heterocycles. The third-order valence-electron chi connectivity index (χ3n) is 2.15. The number of hydrogen-bond acceptors (Lipinski definition) is 3. The second kappa shape index (κ2) is 3.32. The Balaban J connectivity index is 2.28. The summed E-state index contributed by atoms with van der Waals surface area (Å²) in [5, 5.41) is 12.0. The summed E-state index contributed by atoms with van der Waals surface area (Å²) in [6.45, 7) is 1.28. The number of nitrogens with one attached hydrogen (secondary N) is 1. The topological polar surface area (TPSA) is 35.5 Å². The van der Waals surface area contributed by atoms with Crippen molar-refractivity contribution in [1.29, 1.82) is 0 Å². The van der Waals surface area contributed by atoms with E-state index in [0.29, 0.717) is 12.1 Å². The fraction of sp³-hybridized carbons (Fsp3) is 1.00. The van der Waals surface area contributed by atoms with Gasteiger partial charge in [0.15, 0.2) is 0 Å². The zero-order valence-corrected chi connectivity index (χ0v) is 6.67. The molecule has 0 aliphatic carbocycles. The van der Waals surface area contributed by atoms with Crippen LogP contribution in [-0.2, 0) is 0 Å². The van der Waals surface area contributed by atoms with Crippen molar-refractivity contribution in [3.63, 3.8) is 0 Å². The summed E-state index contributed by atoms with van der Waals surface area (Å²) in [5.74, 6) is 0. The second-order valence-corrected chi connectivity index (χ2v) is 3.14. The Morgan fingerprint density at radius 2 is 2.30 bits per heavy atom. The van der Waals surface area contributed by atoms with E-state index in [4.69, 9.17) is 5.11 Å². The summed E-state index contributed by atoms with van der Waals surface area (Å²) in [7, 11) is 4.15. The predicted octanol–water partition coefficient (Wildman–Crippen LogP) is -0.729. The van der Waals surface area contributed by atoms with Crippen molar-refractivity contribution in [2.45, 2.75) is 18.5 Å². The van der Waals surface area contributed by atoms with Crippen LogP contribution >= 0.6 is 0 Å². The molecule has 10 heavy (non-hydrogen) atoms. The Labute approximate surface area is 62.0 Å². The molecule has 2 N–H and O–H groups in total. The van der Waals surface area contributed by atoms with Crippen LogP contribution in [0.3, 0.4) is 0 Å². The number of aliphatic hydroxyl groups excluding tert-OH is 1. The second-order valence-electron chi connectivity index (χ2n) is 3.14. The minimum Gasteiger partial charge on any atom is -0.395 e. The molecule has 2 atom stereocenters. The van der Waals surface area contributed by atoms with Crippen LogP contribution in [-0.4, -0.2) is 49.3 Å². The highest BCUT2D eigenvalue weighted by atomic mass is 16.3. The highest BCUT2D eigenvalue weighted by Gasteiger charge is 2.24. The van der Waals surface area contributed by atoms with Gasteiger partial charge >= 0.3 is 0 Å². The fourth-order valence-corrected chi connectivity index (χ4v) is 1.33. The summed E-state index contributed by atoms with van der Waals surface area (Å²) in [4.78, 5) is 2.20. The molecule has 1 aliphatic heterocycles. The van der Waals surface area contributed by atoms with Crippen LogP contribution in [0, 0.1) is 0 Å². The molecular formula is C7H16N2O. The van der Waals surface area contributed by atoms with E-state index >= 15 is 0 Å². The van der Waals surface area contributed by atoms with Crippen LogP contribution in [0.2, 0.25) is 0 Å². The van der Waals surface area contributed by atoms with E-state index in [1.807, 2.05) is 0 Å². The molecule has 0 spiro atoms. The molecule has 0 radical (unpaired) electrons. The van der Waals surface area contributed by atoms with Crippen LogP contribution in [0.1, 0.15) is 6.42 Å². The van der Waals surface area contributed by atoms with E-state index < -0.39 is 0 Å². The standard InChI is InChI=1S/C7H16N2O/c1-9(2)7-3-6(5-10)8-4-7/h6-8,10H,3-5H2,1-2H3. The van der Waals surface area contributed by atoms with Gasteiger partial charge in [0.25, 0.3) is 0 Å². The van der Waals surface area contributed by atoms with Crippen LogP contribution in [0.25, 0.3) is 0 Å². The van der Waals surface area contributed by atoms with E-state index in [0.717, 1.165) is 13.0 Å². The largest absolute Gasteiger partial charge is 0.395 e. The average Bonchev–Trinajstić information content (AvgIpc) is 2.34. The van der Waals surface area contributed by atoms with Crippen molar-refractivity contribution in [3.05, 3.63) is 0 Å². The molecule has 0 aromatic rings. The molecule has 0 aromatic carbocycles. The summed E-state index contributed by atoms with van der Waals surface area (Å²) in [5.41, 5.74) is 0. The Kier molecular flexibility index (Phi) is 2.65. The number of nitrogens with zero attached hydrogens (tertiary/aromatic N) is 1. The minimum absolute atomic E-state index is 0.268. The molecule has 0 amide bonds. The van der Waals surface area contributed by atoms with Gasteiger partial charge in [0.05, 0.1) is 6.61 Å². The molecular weight excluding hydrogens is 128 g/mol. The lowest BCUT2D eigenvalue weighted by Gasteiger charge is -2.17. The monoisotopic (exact) mass is 144 g/mol. The summed E-state index contributed by atoms with van der Waals surface area (Å²) < 4.78 is 0. The number of hydrogen-bond donors (Lipinski definition) is 2. The number of likely N-dealkylation sites (N-methyl/N-ethyl adjacent to an activating group) is 1. The summed E-state index contributed by atoms with van der Waals surface area (Å²) in [6, 6.07) is 0.935. The van der Waals surface area contributed by atoms with Crippen molar-refractivity contribution in [3.8, 4) is 0 Å². The van der Waals surface area contributed by atoms with Crippen molar-refractivity contribution in [1.82, 2.24) is 10.2 Å². The molecule has 1 saturated heterocycles. The van der Waals surface area contributed by atoms with Crippen molar-refractivity contribution in [2.24, 2.45) is 0 Å². The quantitative estimate of drug-likeness (QED) is 0.536. The van der Waals surface area contributed by atoms with Gasteiger partial charge in [-0.3, -0.25) is 0 Å². The normalized spacial score (nSPS) is 33.6. The third kappa shape index (κ3) is 1.68. The fourth-order valence-electron chi connectivity index (χ4n) is 1.33. The van der Waals surface area contributed by atoms with E-state index in [1.54, 1.807) is 0 Å². The predicted molar refractivity (Wildman–Crippen MR) is 41.0 cm³/mol. The molecule has 0 saturated carbocycles. The van der Waals surface area contributed by atoms with Crippen LogP contribution < -0.4 is 5.32 Å². The van der Waals surface area contributed by atoms with Gasteiger partial charge in [-0.2, -0.15) is 0 Å². The maximum Gasteiger partial charge on any atom is 0.0585 e. The maximum absolute atomic E-state index is 8.78. The lowest BCUT2D eigenvalue weighted by atomic mass is 10.2. The van der Waals surface area contributed by atoms with Crippen molar-refractivity contribution in [2.75, 3.05) is 27.2 Å². The first-order chi connectivity index (χ1) is 4.74. The smallest absolute Gasteiger partial charge is 0.0585 e. The average molecular weight is 144 g/mol. The van der Waals surface area contributed by atoms with Gasteiger partial charge in [-0.25, -0.2) is 0 Å². The van der Waals surface area contributed by atoms with E-state index in [-0.39, 0.29) is 6.61 Å². The Hall–Kier alpha value is -0.120. The number of rotatable bonds is 2. The molecule has 60 valence electrons. The van der Waals surface area contributed by atoms with Crippen molar-refractivity contribution >= 4 is 0 Å².